The molecule has 0 aliphatic heterocycles. The van der Waals surface area contributed by atoms with E-state index in [1.54, 1.807) is 26.0 Å². The fourth-order valence-corrected chi connectivity index (χ4v) is 8.10. The standard InChI is InChI=1S/C25H34N2O4S2/c1-15-11-17(3)21(13-19(15)24(5,6)7)32(28,29)23(27-26)33(30,31)22-14-20(25(8,9)10)16(2)12-18(22)4/h11-14H,1-10H3. The first-order chi connectivity index (χ1) is 14.8. The molecule has 0 N–H and O–H groups in total. The Morgan fingerprint density at radius 3 is 1.18 bits per heavy atom. The summed E-state index contributed by atoms with van der Waals surface area (Å²) >= 11 is 0. The van der Waals surface area contributed by atoms with Crippen LogP contribution >= 0.6 is 0 Å². The van der Waals surface area contributed by atoms with Crippen molar-refractivity contribution in [3.8, 4) is 0 Å². The molecule has 0 atom stereocenters. The number of benzene rings is 2. The zero-order valence-corrected chi connectivity index (χ0v) is 22.8. The Kier molecular flexibility index (Phi) is 6.94. The minimum Gasteiger partial charge on any atom is -0.359 e. The maximum absolute atomic E-state index is 13.6. The van der Waals surface area contributed by atoms with Gasteiger partial charge >= 0.3 is 4.38 Å². The van der Waals surface area contributed by atoms with Crippen molar-refractivity contribution in [2.75, 3.05) is 0 Å². The largest absolute Gasteiger partial charge is 0.504 e. The van der Waals surface area contributed by atoms with E-state index in [0.717, 1.165) is 22.3 Å². The van der Waals surface area contributed by atoms with Gasteiger partial charge in [-0.1, -0.05) is 53.7 Å². The normalized spacial score (nSPS) is 13.0. The highest BCUT2D eigenvalue weighted by atomic mass is 32.3. The van der Waals surface area contributed by atoms with E-state index in [2.05, 4.69) is 4.79 Å². The molecule has 8 heteroatoms. The van der Waals surface area contributed by atoms with Crippen LogP contribution in [-0.4, -0.2) is 26.0 Å². The fraction of sp³-hybridized carbons (Fsp3) is 0.480. The Morgan fingerprint density at radius 1 is 0.636 bits per heavy atom. The van der Waals surface area contributed by atoms with E-state index < -0.39 is 24.1 Å². The molecule has 0 aliphatic carbocycles. The minimum atomic E-state index is -4.65. The molecule has 0 aromatic heterocycles. The van der Waals surface area contributed by atoms with E-state index >= 15 is 0 Å². The Labute approximate surface area is 198 Å². The van der Waals surface area contributed by atoms with Crippen LogP contribution in [0.5, 0.6) is 0 Å². The fourth-order valence-electron chi connectivity index (χ4n) is 4.30. The van der Waals surface area contributed by atoms with Gasteiger partial charge in [0.1, 0.15) is 0 Å². The summed E-state index contributed by atoms with van der Waals surface area (Å²) in [6, 6.07) is 6.40. The molecule has 2 aromatic carbocycles. The van der Waals surface area contributed by atoms with Gasteiger partial charge in [0.15, 0.2) is 0 Å². The highest BCUT2D eigenvalue weighted by Crippen LogP contribution is 2.34. The molecule has 0 radical (unpaired) electrons. The Morgan fingerprint density at radius 2 is 0.939 bits per heavy atom. The molecular weight excluding hydrogens is 456 g/mol. The van der Waals surface area contributed by atoms with Crippen molar-refractivity contribution in [3.63, 3.8) is 0 Å². The van der Waals surface area contributed by atoms with Crippen molar-refractivity contribution in [1.29, 1.82) is 0 Å². The maximum Gasteiger partial charge on any atom is 0.504 e. The van der Waals surface area contributed by atoms with Crippen molar-refractivity contribution in [2.45, 2.75) is 89.9 Å². The van der Waals surface area contributed by atoms with E-state index in [0.29, 0.717) is 11.1 Å². The van der Waals surface area contributed by atoms with Gasteiger partial charge < -0.3 is 5.53 Å². The summed E-state index contributed by atoms with van der Waals surface area (Å²) in [6.45, 7) is 18.6. The summed E-state index contributed by atoms with van der Waals surface area (Å²) in [6.07, 6.45) is 0. The number of hydrogen-bond acceptors (Lipinski definition) is 4. The number of aryl methyl sites for hydroxylation is 4. The first-order valence-electron chi connectivity index (χ1n) is 10.7. The zero-order chi connectivity index (χ0) is 25.7. The first-order valence-corrected chi connectivity index (χ1v) is 13.7. The molecular formula is C25H34N2O4S2. The van der Waals surface area contributed by atoms with Gasteiger partial charge in [-0.3, -0.25) is 0 Å². The lowest BCUT2D eigenvalue weighted by Crippen LogP contribution is -2.28. The van der Waals surface area contributed by atoms with E-state index in [1.807, 2.05) is 55.4 Å². The van der Waals surface area contributed by atoms with Gasteiger partial charge in [0.25, 0.3) is 19.7 Å². The Balaban J connectivity index is 2.85. The second-order valence-electron chi connectivity index (χ2n) is 10.7. The molecule has 33 heavy (non-hydrogen) atoms. The van der Waals surface area contributed by atoms with Crippen molar-refractivity contribution in [3.05, 3.63) is 63.2 Å². The molecule has 0 bridgehead atoms. The van der Waals surface area contributed by atoms with Gasteiger partial charge in [-0.15, -0.1) is 4.79 Å². The molecule has 0 fully saturated rings. The van der Waals surface area contributed by atoms with Crippen LogP contribution in [0, 0.1) is 27.7 Å². The molecule has 0 saturated heterocycles. The van der Waals surface area contributed by atoms with Gasteiger partial charge in [0.2, 0.25) is 0 Å². The lowest BCUT2D eigenvalue weighted by molar-refractivity contribution is 0.00379. The summed E-state index contributed by atoms with van der Waals surface area (Å²) in [5, 5.41) is 0. The average molecular weight is 491 g/mol. The van der Waals surface area contributed by atoms with Crippen molar-refractivity contribution < 1.29 is 21.6 Å². The second-order valence-corrected chi connectivity index (χ2v) is 14.7. The molecule has 2 rings (SSSR count). The summed E-state index contributed by atoms with van der Waals surface area (Å²) in [5.41, 5.74) is 13.1. The van der Waals surface area contributed by atoms with Gasteiger partial charge in [0, 0.05) is 0 Å². The van der Waals surface area contributed by atoms with E-state index in [1.165, 1.54) is 12.1 Å². The lowest BCUT2D eigenvalue weighted by Gasteiger charge is -2.24. The summed E-state index contributed by atoms with van der Waals surface area (Å²) < 4.78 is 53.1. The minimum absolute atomic E-state index is 0.185. The average Bonchev–Trinajstić information content (AvgIpc) is 2.58. The Hall–Kier alpha value is -2.28. The first kappa shape index (κ1) is 27.0. The summed E-state index contributed by atoms with van der Waals surface area (Å²) in [7, 11) is -9.30. The second kappa shape index (κ2) is 8.49. The predicted molar refractivity (Wildman–Crippen MR) is 132 cm³/mol. The van der Waals surface area contributed by atoms with Crippen LogP contribution in [-0.2, 0) is 30.5 Å². The number of rotatable bonds is 2. The van der Waals surface area contributed by atoms with Gasteiger partial charge in [0.05, 0.1) is 9.79 Å². The summed E-state index contributed by atoms with van der Waals surface area (Å²) in [5.74, 6) is 0. The van der Waals surface area contributed by atoms with Gasteiger partial charge in [-0.2, -0.15) is 0 Å². The van der Waals surface area contributed by atoms with Crippen LogP contribution in [0.4, 0.5) is 0 Å². The molecule has 0 heterocycles. The van der Waals surface area contributed by atoms with E-state index in [-0.39, 0.29) is 20.6 Å². The van der Waals surface area contributed by atoms with E-state index in [9.17, 15) is 22.4 Å². The van der Waals surface area contributed by atoms with Crippen molar-refractivity contribution >= 4 is 24.1 Å². The third-order valence-electron chi connectivity index (χ3n) is 5.78. The van der Waals surface area contributed by atoms with Gasteiger partial charge in [-0.25, -0.2) is 16.8 Å². The third kappa shape index (κ3) is 4.98. The summed E-state index contributed by atoms with van der Waals surface area (Å²) in [4.78, 5) is 2.47. The van der Waals surface area contributed by atoms with Crippen LogP contribution in [0.1, 0.15) is 74.9 Å². The van der Waals surface area contributed by atoms with Crippen LogP contribution in [0.3, 0.4) is 0 Å². The topological polar surface area (TPSA) is 105 Å². The smallest absolute Gasteiger partial charge is 0.359 e. The molecule has 0 saturated carbocycles. The van der Waals surface area contributed by atoms with Crippen LogP contribution in [0.25, 0.3) is 5.53 Å². The third-order valence-corrected chi connectivity index (χ3v) is 10.2. The SMILES string of the molecule is Cc1cc(C)c(S(=O)(=O)C(=[N+]=[N-])S(=O)(=O)c2cc(C(C)(C)C)c(C)cc2C)cc1C(C)(C)C. The van der Waals surface area contributed by atoms with Crippen LogP contribution in [0.2, 0.25) is 0 Å². The molecule has 2 aromatic rings. The van der Waals surface area contributed by atoms with Crippen molar-refractivity contribution in [2.24, 2.45) is 0 Å². The maximum atomic E-state index is 13.6. The highest BCUT2D eigenvalue weighted by molar-refractivity contribution is 8.31. The van der Waals surface area contributed by atoms with Crippen LogP contribution < -0.4 is 0 Å². The quantitative estimate of drug-likeness (QED) is 0.245. The van der Waals surface area contributed by atoms with E-state index in [4.69, 9.17) is 0 Å². The molecule has 6 nitrogen and oxygen atoms in total. The number of nitrogens with zero attached hydrogens (tertiary/aromatic N) is 2. The zero-order valence-electron chi connectivity index (χ0n) is 21.2. The monoisotopic (exact) mass is 490 g/mol. The Bertz CT molecular complexity index is 1280. The molecule has 0 unspecified atom stereocenters. The lowest BCUT2D eigenvalue weighted by atomic mass is 9.83. The highest BCUT2D eigenvalue weighted by Gasteiger charge is 2.46. The van der Waals surface area contributed by atoms with Crippen molar-refractivity contribution in [1.82, 2.24) is 0 Å². The van der Waals surface area contributed by atoms with Crippen LogP contribution in [0.15, 0.2) is 34.1 Å². The predicted octanol–water partition coefficient (Wildman–Crippen LogP) is 5.35. The van der Waals surface area contributed by atoms with Gasteiger partial charge in [-0.05, 0) is 84.0 Å². The molecule has 0 spiro atoms. The molecule has 0 amide bonds. The number of hydrogen-bond donors (Lipinski definition) is 0. The molecule has 0 aliphatic rings. The molecule has 180 valence electrons. The number of sulfone groups is 2.